The summed E-state index contributed by atoms with van der Waals surface area (Å²) in [4.78, 5) is 19.1. The number of fused-ring (bicyclic) bond motifs is 3. The number of benzene rings is 1. The average molecular weight is 363 g/mol. The fraction of sp³-hybridized carbons (Fsp3) is 0.286. The largest absolute Gasteiger partial charge is 0.337 e. The molecular weight excluding hydrogens is 342 g/mol. The van der Waals surface area contributed by atoms with Crippen LogP contribution in [0, 0.1) is 0 Å². The van der Waals surface area contributed by atoms with Gasteiger partial charge in [-0.2, -0.15) is 0 Å². The predicted molar refractivity (Wildman–Crippen MR) is 103 cm³/mol. The van der Waals surface area contributed by atoms with E-state index in [0.29, 0.717) is 12.6 Å². The van der Waals surface area contributed by atoms with Crippen LogP contribution in [0.3, 0.4) is 0 Å². The van der Waals surface area contributed by atoms with Gasteiger partial charge in [0.25, 0.3) is 5.91 Å². The van der Waals surface area contributed by atoms with Crippen LogP contribution in [-0.4, -0.2) is 39.4 Å². The van der Waals surface area contributed by atoms with E-state index in [1.807, 2.05) is 30.3 Å². The van der Waals surface area contributed by atoms with Gasteiger partial charge in [-0.15, -0.1) is 11.3 Å². The number of likely N-dealkylation sites (tertiary alicyclic amines) is 1. The van der Waals surface area contributed by atoms with Gasteiger partial charge in [-0.25, -0.2) is 0 Å². The van der Waals surface area contributed by atoms with E-state index < -0.39 is 0 Å². The Kier molecular flexibility index (Phi) is 3.91. The highest BCUT2D eigenvalue weighted by atomic mass is 32.1. The minimum Gasteiger partial charge on any atom is -0.337 e. The smallest absolute Gasteiger partial charge is 0.271 e. The van der Waals surface area contributed by atoms with Gasteiger partial charge in [0.15, 0.2) is 0 Å². The lowest BCUT2D eigenvalue weighted by molar-refractivity contribution is 0.0556. The first kappa shape index (κ1) is 15.9. The van der Waals surface area contributed by atoms with Crippen LogP contribution in [0.4, 0.5) is 0 Å². The zero-order chi connectivity index (χ0) is 17.5. The highest BCUT2D eigenvalue weighted by Gasteiger charge is 2.44. The molecule has 0 N–H and O–H groups in total. The molecule has 1 saturated heterocycles. The molecule has 4 heterocycles. The maximum Gasteiger partial charge on any atom is 0.271 e. The Bertz CT molecular complexity index is 903. The van der Waals surface area contributed by atoms with Crippen molar-refractivity contribution in [1.82, 2.24) is 14.4 Å². The van der Waals surface area contributed by atoms with Gasteiger partial charge in [0, 0.05) is 37.3 Å². The van der Waals surface area contributed by atoms with Gasteiger partial charge in [-0.05, 0) is 29.1 Å². The van der Waals surface area contributed by atoms with E-state index in [1.165, 1.54) is 10.4 Å². The van der Waals surface area contributed by atoms with Crippen molar-refractivity contribution in [1.29, 1.82) is 0 Å². The van der Waals surface area contributed by atoms with E-state index in [2.05, 4.69) is 50.2 Å². The number of hydrogen-bond donors (Lipinski definition) is 0. The number of aromatic nitrogens is 1. The Morgan fingerprint density at radius 2 is 1.77 bits per heavy atom. The topological polar surface area (TPSA) is 28.5 Å². The second kappa shape index (κ2) is 6.41. The summed E-state index contributed by atoms with van der Waals surface area (Å²) >= 11 is 1.81. The standard InChI is InChI=1S/C21H21N3OS/c25-21-18-9-4-10-23(18)19-14-22(13-17-8-5-11-26-17)15-20(19)24(21)12-16-6-2-1-3-7-16/h1-11,19-20H,12-15H2/t19-,20+/m0/s1. The zero-order valence-electron chi connectivity index (χ0n) is 14.5. The summed E-state index contributed by atoms with van der Waals surface area (Å²) in [5.74, 6) is 0.151. The van der Waals surface area contributed by atoms with Gasteiger partial charge < -0.3 is 9.47 Å². The van der Waals surface area contributed by atoms with E-state index in [4.69, 9.17) is 0 Å². The Morgan fingerprint density at radius 3 is 2.58 bits per heavy atom. The molecule has 4 nitrogen and oxygen atoms in total. The van der Waals surface area contributed by atoms with Crippen molar-refractivity contribution in [3.05, 3.63) is 82.3 Å². The Labute approximate surface area is 157 Å². The van der Waals surface area contributed by atoms with Gasteiger partial charge >= 0.3 is 0 Å². The number of hydrogen-bond acceptors (Lipinski definition) is 3. The molecule has 2 aromatic heterocycles. The average Bonchev–Trinajstić information content (AvgIpc) is 3.40. The Morgan fingerprint density at radius 1 is 0.923 bits per heavy atom. The van der Waals surface area contributed by atoms with Crippen molar-refractivity contribution in [3.63, 3.8) is 0 Å². The SMILES string of the molecule is O=C1c2cccn2[C@H]2CN(Cc3cccs3)C[C@H]2N1Cc1ccccc1. The lowest BCUT2D eigenvalue weighted by atomic mass is 10.0. The van der Waals surface area contributed by atoms with Crippen LogP contribution < -0.4 is 0 Å². The first-order chi connectivity index (χ1) is 12.8. The highest BCUT2D eigenvalue weighted by molar-refractivity contribution is 7.09. The third-order valence-electron chi connectivity index (χ3n) is 5.51. The minimum absolute atomic E-state index is 0.151. The molecule has 2 aliphatic heterocycles. The van der Waals surface area contributed by atoms with E-state index in [1.54, 1.807) is 11.3 Å². The molecule has 0 aliphatic carbocycles. The van der Waals surface area contributed by atoms with Crippen LogP contribution in [0.1, 0.15) is 27.0 Å². The summed E-state index contributed by atoms with van der Waals surface area (Å²) in [6.07, 6.45) is 2.07. The van der Waals surface area contributed by atoms with Crippen molar-refractivity contribution >= 4 is 17.2 Å². The van der Waals surface area contributed by atoms with E-state index >= 15 is 0 Å². The minimum atomic E-state index is 0.151. The maximum atomic E-state index is 13.1. The molecule has 132 valence electrons. The normalized spacial score (nSPS) is 22.5. The molecule has 3 aromatic rings. The fourth-order valence-electron chi connectivity index (χ4n) is 4.31. The molecule has 1 fully saturated rings. The van der Waals surface area contributed by atoms with Crippen molar-refractivity contribution in [2.75, 3.05) is 13.1 Å². The van der Waals surface area contributed by atoms with Crippen LogP contribution in [0.5, 0.6) is 0 Å². The number of nitrogens with zero attached hydrogens (tertiary/aromatic N) is 3. The molecule has 0 saturated carbocycles. The van der Waals surface area contributed by atoms with Crippen molar-refractivity contribution < 1.29 is 4.79 Å². The summed E-state index contributed by atoms with van der Waals surface area (Å²) in [6, 6.07) is 19.1. The lowest BCUT2D eigenvalue weighted by Gasteiger charge is -2.38. The van der Waals surface area contributed by atoms with Crippen LogP contribution in [0.25, 0.3) is 0 Å². The Balaban J connectivity index is 1.45. The number of carbonyl (C=O) groups is 1. The molecule has 0 radical (unpaired) electrons. The fourth-order valence-corrected chi connectivity index (χ4v) is 5.06. The maximum absolute atomic E-state index is 13.1. The molecule has 2 atom stereocenters. The molecule has 0 bridgehead atoms. The molecule has 1 aromatic carbocycles. The Hall–Kier alpha value is -2.37. The third kappa shape index (κ3) is 2.68. The summed E-state index contributed by atoms with van der Waals surface area (Å²) in [5.41, 5.74) is 2.01. The van der Waals surface area contributed by atoms with E-state index in [0.717, 1.165) is 25.3 Å². The second-order valence-electron chi connectivity index (χ2n) is 7.13. The molecule has 0 spiro atoms. The molecule has 0 unspecified atom stereocenters. The first-order valence-electron chi connectivity index (χ1n) is 9.06. The molecule has 2 aliphatic rings. The zero-order valence-corrected chi connectivity index (χ0v) is 15.3. The number of carbonyl (C=O) groups excluding carboxylic acids is 1. The van der Waals surface area contributed by atoms with E-state index in [9.17, 15) is 4.79 Å². The van der Waals surface area contributed by atoms with Crippen molar-refractivity contribution in [2.45, 2.75) is 25.2 Å². The van der Waals surface area contributed by atoms with Crippen molar-refractivity contribution in [3.8, 4) is 0 Å². The van der Waals surface area contributed by atoms with Crippen LogP contribution >= 0.6 is 11.3 Å². The van der Waals surface area contributed by atoms with Gasteiger partial charge in [-0.1, -0.05) is 36.4 Å². The first-order valence-corrected chi connectivity index (χ1v) is 9.94. The molecular formula is C21H21N3OS. The molecule has 1 amide bonds. The molecule has 5 heteroatoms. The van der Waals surface area contributed by atoms with Crippen LogP contribution in [-0.2, 0) is 13.1 Å². The van der Waals surface area contributed by atoms with Gasteiger partial charge in [-0.3, -0.25) is 9.69 Å². The van der Waals surface area contributed by atoms with Crippen LogP contribution in [0.2, 0.25) is 0 Å². The number of thiophene rings is 1. The van der Waals surface area contributed by atoms with Crippen LogP contribution in [0.15, 0.2) is 66.2 Å². The van der Waals surface area contributed by atoms with Crippen molar-refractivity contribution in [2.24, 2.45) is 0 Å². The summed E-state index contributed by atoms with van der Waals surface area (Å²) < 4.78 is 2.20. The second-order valence-corrected chi connectivity index (χ2v) is 8.16. The predicted octanol–water partition coefficient (Wildman–Crippen LogP) is 3.63. The number of amides is 1. The summed E-state index contributed by atoms with van der Waals surface area (Å²) in [7, 11) is 0. The molecule has 26 heavy (non-hydrogen) atoms. The number of rotatable bonds is 4. The lowest BCUT2D eigenvalue weighted by Crippen LogP contribution is -2.49. The molecule has 5 rings (SSSR count). The summed E-state index contributed by atoms with van der Waals surface area (Å²) in [6.45, 7) is 3.56. The van der Waals surface area contributed by atoms with Gasteiger partial charge in [0.05, 0.1) is 12.1 Å². The van der Waals surface area contributed by atoms with E-state index in [-0.39, 0.29) is 11.9 Å². The quantitative estimate of drug-likeness (QED) is 0.708. The highest BCUT2D eigenvalue weighted by Crippen LogP contribution is 2.35. The third-order valence-corrected chi connectivity index (χ3v) is 6.37. The monoisotopic (exact) mass is 363 g/mol. The summed E-state index contributed by atoms with van der Waals surface area (Å²) in [5, 5.41) is 2.13. The van der Waals surface area contributed by atoms with Gasteiger partial charge in [0.1, 0.15) is 5.69 Å². The van der Waals surface area contributed by atoms with Gasteiger partial charge in [0.2, 0.25) is 0 Å².